The SMILES string of the molecule is CCCCCCCCNc1ccc(F)cc1C#N. The van der Waals surface area contributed by atoms with E-state index in [9.17, 15) is 4.39 Å². The zero-order valence-electron chi connectivity index (χ0n) is 11.0. The summed E-state index contributed by atoms with van der Waals surface area (Å²) in [4.78, 5) is 0. The molecule has 0 aliphatic heterocycles. The summed E-state index contributed by atoms with van der Waals surface area (Å²) in [5, 5.41) is 12.1. The molecule has 0 aliphatic rings. The monoisotopic (exact) mass is 248 g/mol. The van der Waals surface area contributed by atoms with Gasteiger partial charge in [-0.25, -0.2) is 4.39 Å². The van der Waals surface area contributed by atoms with Crippen molar-refractivity contribution in [1.82, 2.24) is 0 Å². The molecule has 0 unspecified atom stereocenters. The van der Waals surface area contributed by atoms with Crippen molar-refractivity contribution in [2.45, 2.75) is 45.4 Å². The number of hydrogen-bond acceptors (Lipinski definition) is 2. The molecule has 0 bridgehead atoms. The van der Waals surface area contributed by atoms with Crippen LogP contribution < -0.4 is 5.32 Å². The average Bonchev–Trinajstić information content (AvgIpc) is 2.39. The molecule has 98 valence electrons. The van der Waals surface area contributed by atoms with E-state index in [4.69, 9.17) is 5.26 Å². The van der Waals surface area contributed by atoms with Gasteiger partial charge in [-0.1, -0.05) is 39.0 Å². The predicted octanol–water partition coefficient (Wildman–Crippen LogP) is 4.47. The molecule has 0 heterocycles. The molecule has 1 rings (SSSR count). The summed E-state index contributed by atoms with van der Waals surface area (Å²) in [5.41, 5.74) is 1.11. The van der Waals surface area contributed by atoms with Crippen molar-refractivity contribution in [1.29, 1.82) is 5.26 Å². The first-order valence-electron chi connectivity index (χ1n) is 6.71. The lowest BCUT2D eigenvalue weighted by molar-refractivity contribution is 0.616. The van der Waals surface area contributed by atoms with Crippen LogP contribution in [0.2, 0.25) is 0 Å². The summed E-state index contributed by atoms with van der Waals surface area (Å²) in [6.45, 7) is 3.05. The molecule has 3 heteroatoms. The Balaban J connectivity index is 2.25. The number of anilines is 1. The zero-order valence-corrected chi connectivity index (χ0v) is 11.0. The van der Waals surface area contributed by atoms with Gasteiger partial charge in [-0.15, -0.1) is 0 Å². The normalized spacial score (nSPS) is 10.1. The largest absolute Gasteiger partial charge is 0.384 e. The summed E-state index contributed by atoms with van der Waals surface area (Å²) in [6.07, 6.45) is 7.44. The molecule has 0 aromatic heterocycles. The van der Waals surface area contributed by atoms with Crippen LogP contribution >= 0.6 is 0 Å². The van der Waals surface area contributed by atoms with Crippen molar-refractivity contribution in [2.75, 3.05) is 11.9 Å². The molecular weight excluding hydrogens is 227 g/mol. The van der Waals surface area contributed by atoms with Crippen molar-refractivity contribution in [2.24, 2.45) is 0 Å². The molecule has 0 radical (unpaired) electrons. The van der Waals surface area contributed by atoms with Gasteiger partial charge in [-0.3, -0.25) is 0 Å². The third-order valence-electron chi connectivity index (χ3n) is 2.95. The van der Waals surface area contributed by atoms with Crippen molar-refractivity contribution in [3.8, 4) is 6.07 Å². The van der Waals surface area contributed by atoms with Crippen LogP contribution in [-0.2, 0) is 0 Å². The van der Waals surface area contributed by atoms with Crippen molar-refractivity contribution in [3.05, 3.63) is 29.6 Å². The van der Waals surface area contributed by atoms with Gasteiger partial charge >= 0.3 is 0 Å². The van der Waals surface area contributed by atoms with Gasteiger partial charge in [-0.05, 0) is 24.6 Å². The molecule has 0 saturated carbocycles. The molecule has 2 nitrogen and oxygen atoms in total. The fourth-order valence-corrected chi connectivity index (χ4v) is 1.89. The predicted molar refractivity (Wildman–Crippen MR) is 73.0 cm³/mol. The minimum atomic E-state index is -0.364. The van der Waals surface area contributed by atoms with Gasteiger partial charge in [0.15, 0.2) is 0 Å². The van der Waals surface area contributed by atoms with Crippen LogP contribution in [0.3, 0.4) is 0 Å². The van der Waals surface area contributed by atoms with E-state index in [1.165, 1.54) is 44.2 Å². The molecule has 0 aliphatic carbocycles. The van der Waals surface area contributed by atoms with Crippen molar-refractivity contribution in [3.63, 3.8) is 0 Å². The van der Waals surface area contributed by atoms with Crippen LogP contribution in [0.25, 0.3) is 0 Å². The Bertz CT molecular complexity index is 396. The molecule has 18 heavy (non-hydrogen) atoms. The van der Waals surface area contributed by atoms with Crippen LogP contribution in [0.5, 0.6) is 0 Å². The van der Waals surface area contributed by atoms with Crippen LogP contribution in [-0.4, -0.2) is 6.54 Å². The highest BCUT2D eigenvalue weighted by molar-refractivity contribution is 5.57. The maximum Gasteiger partial charge on any atom is 0.124 e. The fourth-order valence-electron chi connectivity index (χ4n) is 1.89. The second-order valence-corrected chi connectivity index (χ2v) is 4.50. The smallest absolute Gasteiger partial charge is 0.124 e. The number of nitrogens with zero attached hydrogens (tertiary/aromatic N) is 1. The van der Waals surface area contributed by atoms with Gasteiger partial charge in [0, 0.05) is 6.54 Å². The third-order valence-corrected chi connectivity index (χ3v) is 2.95. The molecule has 1 aromatic carbocycles. The van der Waals surface area contributed by atoms with Gasteiger partial charge in [0.05, 0.1) is 11.3 Å². The minimum Gasteiger partial charge on any atom is -0.384 e. The first-order chi connectivity index (χ1) is 8.77. The summed E-state index contributed by atoms with van der Waals surface area (Å²) < 4.78 is 12.9. The highest BCUT2D eigenvalue weighted by atomic mass is 19.1. The third kappa shape index (κ3) is 5.18. The molecule has 0 fully saturated rings. The molecular formula is C15H21FN2. The maximum absolute atomic E-state index is 12.9. The average molecular weight is 248 g/mol. The minimum absolute atomic E-state index is 0.364. The number of halogens is 1. The lowest BCUT2D eigenvalue weighted by Gasteiger charge is -2.08. The lowest BCUT2D eigenvalue weighted by Crippen LogP contribution is -2.03. The molecule has 0 spiro atoms. The van der Waals surface area contributed by atoms with Crippen LogP contribution in [0.15, 0.2) is 18.2 Å². The van der Waals surface area contributed by atoms with Crippen LogP contribution in [0.1, 0.15) is 51.0 Å². The Morgan fingerprint density at radius 2 is 1.89 bits per heavy atom. The van der Waals surface area contributed by atoms with Gasteiger partial charge in [0.1, 0.15) is 11.9 Å². The number of rotatable bonds is 8. The topological polar surface area (TPSA) is 35.8 Å². The fraction of sp³-hybridized carbons (Fsp3) is 0.533. The molecule has 0 amide bonds. The van der Waals surface area contributed by atoms with E-state index in [0.717, 1.165) is 18.7 Å². The molecule has 0 saturated heterocycles. The van der Waals surface area contributed by atoms with E-state index in [0.29, 0.717) is 5.56 Å². The Morgan fingerprint density at radius 3 is 2.61 bits per heavy atom. The standard InChI is InChI=1S/C15H21FN2/c1-2-3-4-5-6-7-10-18-15-9-8-14(16)11-13(15)12-17/h8-9,11,18H,2-7,10H2,1H3. The van der Waals surface area contributed by atoms with Gasteiger partial charge < -0.3 is 5.32 Å². The first-order valence-corrected chi connectivity index (χ1v) is 6.71. The maximum atomic E-state index is 12.9. The van der Waals surface area contributed by atoms with E-state index < -0.39 is 0 Å². The van der Waals surface area contributed by atoms with Gasteiger partial charge in [0.25, 0.3) is 0 Å². The number of nitriles is 1. The molecule has 1 N–H and O–H groups in total. The Labute approximate surface area is 109 Å². The van der Waals surface area contributed by atoms with E-state index in [1.807, 2.05) is 6.07 Å². The molecule has 1 aromatic rings. The first kappa shape index (κ1) is 14.5. The second kappa shape index (κ2) is 8.52. The number of hydrogen-bond donors (Lipinski definition) is 1. The Kier molecular flexibility index (Phi) is 6.86. The number of benzene rings is 1. The summed E-state index contributed by atoms with van der Waals surface area (Å²) in [5.74, 6) is -0.364. The van der Waals surface area contributed by atoms with E-state index >= 15 is 0 Å². The summed E-state index contributed by atoms with van der Waals surface area (Å²) in [6, 6.07) is 6.28. The highest BCUT2D eigenvalue weighted by Crippen LogP contribution is 2.16. The van der Waals surface area contributed by atoms with Crippen molar-refractivity contribution < 1.29 is 4.39 Å². The van der Waals surface area contributed by atoms with E-state index in [-0.39, 0.29) is 5.82 Å². The molecule has 0 atom stereocenters. The Hall–Kier alpha value is -1.56. The van der Waals surface area contributed by atoms with Gasteiger partial charge in [0.2, 0.25) is 0 Å². The van der Waals surface area contributed by atoms with Crippen LogP contribution in [0, 0.1) is 17.1 Å². The van der Waals surface area contributed by atoms with Crippen molar-refractivity contribution >= 4 is 5.69 Å². The van der Waals surface area contributed by atoms with E-state index in [2.05, 4.69) is 12.2 Å². The summed E-state index contributed by atoms with van der Waals surface area (Å²) in [7, 11) is 0. The number of nitrogens with one attached hydrogen (secondary N) is 1. The highest BCUT2D eigenvalue weighted by Gasteiger charge is 2.02. The summed E-state index contributed by atoms with van der Waals surface area (Å²) >= 11 is 0. The van der Waals surface area contributed by atoms with Crippen LogP contribution in [0.4, 0.5) is 10.1 Å². The quantitative estimate of drug-likeness (QED) is 0.689. The van der Waals surface area contributed by atoms with E-state index in [1.54, 1.807) is 6.07 Å². The number of unbranched alkanes of at least 4 members (excludes halogenated alkanes) is 5. The second-order valence-electron chi connectivity index (χ2n) is 4.50. The van der Waals surface area contributed by atoms with Gasteiger partial charge in [-0.2, -0.15) is 5.26 Å². The lowest BCUT2D eigenvalue weighted by atomic mass is 10.1. The Morgan fingerprint density at radius 1 is 1.17 bits per heavy atom. The zero-order chi connectivity index (χ0) is 13.2.